The van der Waals surface area contributed by atoms with E-state index in [-0.39, 0.29) is 56.9 Å². The second-order valence-electron chi connectivity index (χ2n) is 13.8. The molecule has 0 saturated heterocycles. The number of fused-ring (bicyclic) bond motifs is 1. The molecule has 2 rings (SSSR count). The summed E-state index contributed by atoms with van der Waals surface area (Å²) in [5.41, 5.74) is 5.30. The summed E-state index contributed by atoms with van der Waals surface area (Å²) in [5.74, 6) is -0.388. The molecule has 4 N–H and O–H groups in total. The second-order valence-corrected chi connectivity index (χ2v) is 16.5. The van der Waals surface area contributed by atoms with Gasteiger partial charge in [0.25, 0.3) is 5.91 Å². The quantitative estimate of drug-likeness (QED) is 0.153. The van der Waals surface area contributed by atoms with Crippen molar-refractivity contribution in [1.29, 1.82) is 0 Å². The Morgan fingerprint density at radius 3 is 2.32 bits per heavy atom. The summed E-state index contributed by atoms with van der Waals surface area (Å²) in [6, 6.07) is 1.67. The Morgan fingerprint density at radius 2 is 1.70 bits per heavy atom. The Morgan fingerprint density at radius 1 is 1.04 bits per heavy atom. The predicted octanol–water partition coefficient (Wildman–Crippen LogP) is 4.58. The van der Waals surface area contributed by atoms with Crippen LogP contribution in [0.15, 0.2) is 16.6 Å². The van der Waals surface area contributed by atoms with Gasteiger partial charge in [0.1, 0.15) is 18.0 Å². The number of thiophene rings is 1. The number of nitrogens with zero attached hydrogens (tertiary/aromatic N) is 2. The summed E-state index contributed by atoms with van der Waals surface area (Å²) in [6.45, 7) is 17.5. The molecule has 0 fully saturated rings. The molecule has 0 unspecified atom stereocenters. The molecule has 0 spiro atoms. The minimum Gasteiger partial charge on any atom is -0.460 e. The van der Waals surface area contributed by atoms with Crippen molar-refractivity contribution in [3.8, 4) is 0 Å². The zero-order chi connectivity index (χ0) is 35.6. The molecule has 14 nitrogen and oxygen atoms in total. The highest BCUT2D eigenvalue weighted by molar-refractivity contribution is 7.88. The lowest BCUT2D eigenvalue weighted by Gasteiger charge is -2.29. The molecule has 2 heterocycles. The first-order valence-electron chi connectivity index (χ1n) is 15.5. The van der Waals surface area contributed by atoms with Gasteiger partial charge in [0.2, 0.25) is 0 Å². The molecule has 1 aliphatic rings. The molecule has 0 radical (unpaired) electrons. The molecule has 1 aliphatic heterocycles. The number of aliphatic imine (C=N–C) groups is 1. The van der Waals surface area contributed by atoms with E-state index in [1.165, 1.54) is 16.4 Å². The monoisotopic (exact) mass is 701 g/mol. The number of rotatable bonds is 17. The number of ether oxygens (including phenoxy) is 3. The van der Waals surface area contributed by atoms with Crippen LogP contribution in [0.25, 0.3) is 6.08 Å². The van der Waals surface area contributed by atoms with Crippen LogP contribution in [0.4, 0.5) is 10.5 Å². The van der Waals surface area contributed by atoms with E-state index in [1.807, 2.05) is 46.3 Å². The number of nitrogens with two attached hydrogens (primary N) is 1. The first-order chi connectivity index (χ1) is 21.6. The van der Waals surface area contributed by atoms with E-state index >= 15 is 0 Å². The van der Waals surface area contributed by atoms with Gasteiger partial charge in [-0.1, -0.05) is 34.6 Å². The van der Waals surface area contributed by atoms with Crippen molar-refractivity contribution in [2.45, 2.75) is 93.7 Å². The van der Waals surface area contributed by atoms with Gasteiger partial charge in [-0.05, 0) is 51.7 Å². The van der Waals surface area contributed by atoms with E-state index in [1.54, 1.807) is 32.9 Å². The average molecular weight is 702 g/mol. The van der Waals surface area contributed by atoms with Crippen LogP contribution in [-0.2, 0) is 45.4 Å². The van der Waals surface area contributed by atoms with Crippen LogP contribution in [-0.4, -0.2) is 75.9 Å². The Hall–Kier alpha value is -3.05. The first kappa shape index (κ1) is 40.1. The maximum absolute atomic E-state index is 13.1. The fourth-order valence-electron chi connectivity index (χ4n) is 4.27. The van der Waals surface area contributed by atoms with Crippen LogP contribution in [0.3, 0.4) is 0 Å². The Balaban J connectivity index is 1.90. The highest BCUT2D eigenvalue weighted by Crippen LogP contribution is 2.35. The molecule has 16 heteroatoms. The summed E-state index contributed by atoms with van der Waals surface area (Å²) in [4.78, 5) is 48.7. The van der Waals surface area contributed by atoms with Crippen molar-refractivity contribution >= 4 is 57.1 Å². The summed E-state index contributed by atoms with van der Waals surface area (Å²) >= 11 is 1.24. The number of amides is 2. The van der Waals surface area contributed by atoms with Gasteiger partial charge in [-0.2, -0.15) is 13.1 Å². The third-order valence-corrected chi connectivity index (χ3v) is 8.25. The van der Waals surface area contributed by atoms with Crippen molar-refractivity contribution < 1.29 is 41.8 Å². The summed E-state index contributed by atoms with van der Waals surface area (Å²) < 4.78 is 45.7. The minimum atomic E-state index is -4.27. The molecule has 0 aromatic carbocycles. The smallest absolute Gasteiger partial charge is 0.421 e. The fraction of sp³-hybridized carbons (Fsp3) is 0.677. The molecule has 0 aliphatic carbocycles. The summed E-state index contributed by atoms with van der Waals surface area (Å²) in [6.07, 6.45) is 1.58. The Kier molecular flexibility index (Phi) is 14.4. The molecule has 0 atom stereocenters. The molecule has 47 heavy (non-hydrogen) atoms. The number of hydrogen-bond acceptors (Lipinski definition) is 12. The molecular weight excluding hydrogens is 651 g/mol. The molecule has 0 bridgehead atoms. The van der Waals surface area contributed by atoms with Gasteiger partial charge >= 0.3 is 22.3 Å². The van der Waals surface area contributed by atoms with E-state index in [2.05, 4.69) is 9.71 Å². The van der Waals surface area contributed by atoms with E-state index in [9.17, 15) is 22.8 Å². The van der Waals surface area contributed by atoms with Crippen LogP contribution in [0.1, 0.15) is 91.3 Å². The van der Waals surface area contributed by atoms with Gasteiger partial charge in [-0.25, -0.2) is 19.6 Å². The molecule has 1 aromatic rings. The highest BCUT2D eigenvalue weighted by atomic mass is 32.2. The predicted molar refractivity (Wildman–Crippen MR) is 181 cm³/mol. The van der Waals surface area contributed by atoms with E-state index in [0.717, 1.165) is 0 Å². The lowest BCUT2D eigenvalue weighted by molar-refractivity contribution is -0.180. The minimum absolute atomic E-state index is 0.121. The average Bonchev–Trinajstić information content (AvgIpc) is 3.21. The number of carbonyl (C=O) groups is 3. The van der Waals surface area contributed by atoms with Crippen LogP contribution in [0.5, 0.6) is 0 Å². The maximum atomic E-state index is 13.1. The van der Waals surface area contributed by atoms with Crippen molar-refractivity contribution in [3.05, 3.63) is 21.4 Å². The van der Waals surface area contributed by atoms with Crippen molar-refractivity contribution in [2.75, 3.05) is 33.0 Å². The van der Waals surface area contributed by atoms with Gasteiger partial charge in [-0.15, -0.1) is 11.3 Å². The van der Waals surface area contributed by atoms with Gasteiger partial charge in [0, 0.05) is 35.4 Å². The standard InChI is InChI=1S/C31H51N5O9S2/c1-10-12-36(44-11-2)27(38)21-13-24-23(34-25(32)14-21)15-22(46-24)17-33-47(40,41)35-28(39)43-20-31(8,9)19-42-18-30(6,7)16-26(37)45-29(3,4)5/h13,15,33H,10-12,14,16-20H2,1-9H3,(H2,32,34)(H,35,39). The highest BCUT2D eigenvalue weighted by Gasteiger charge is 2.29. The zero-order valence-electron chi connectivity index (χ0n) is 29.0. The normalized spacial score (nSPS) is 14.0. The Bertz CT molecular complexity index is 1420. The fourth-order valence-corrected chi connectivity index (χ4v) is 6.07. The molecule has 266 valence electrons. The molecule has 0 saturated carbocycles. The van der Waals surface area contributed by atoms with Gasteiger partial charge < -0.3 is 19.9 Å². The molecule has 2 amide bonds. The van der Waals surface area contributed by atoms with Crippen LogP contribution < -0.4 is 15.2 Å². The van der Waals surface area contributed by atoms with Crippen LogP contribution in [0.2, 0.25) is 0 Å². The van der Waals surface area contributed by atoms with Crippen molar-refractivity contribution in [1.82, 2.24) is 14.5 Å². The maximum Gasteiger partial charge on any atom is 0.421 e. The second kappa shape index (κ2) is 16.9. The third kappa shape index (κ3) is 14.7. The molecule has 1 aromatic heterocycles. The topological polar surface area (TPSA) is 188 Å². The zero-order valence-corrected chi connectivity index (χ0v) is 30.6. The van der Waals surface area contributed by atoms with E-state index in [4.69, 9.17) is 24.8 Å². The number of amidine groups is 1. The Labute approximate surface area is 282 Å². The largest absolute Gasteiger partial charge is 0.460 e. The van der Waals surface area contributed by atoms with Crippen LogP contribution in [0, 0.1) is 10.8 Å². The number of hydroxylamine groups is 2. The summed E-state index contributed by atoms with van der Waals surface area (Å²) in [7, 11) is -4.27. The summed E-state index contributed by atoms with van der Waals surface area (Å²) in [5, 5.41) is 1.31. The number of nitrogens with one attached hydrogen (secondary N) is 2. The van der Waals surface area contributed by atoms with E-state index < -0.39 is 32.7 Å². The number of hydrogen-bond donors (Lipinski definition) is 3. The van der Waals surface area contributed by atoms with Gasteiger partial charge in [0.15, 0.2) is 0 Å². The van der Waals surface area contributed by atoms with Crippen molar-refractivity contribution in [3.63, 3.8) is 0 Å². The third-order valence-electron chi connectivity index (χ3n) is 6.22. The van der Waals surface area contributed by atoms with Crippen LogP contribution >= 0.6 is 11.3 Å². The lowest BCUT2D eigenvalue weighted by atomic mass is 9.90. The number of esters is 1. The molecular formula is C31H51N5O9S2. The lowest BCUT2D eigenvalue weighted by Crippen LogP contribution is -2.41. The number of carbonyl (C=O) groups excluding carboxylic acids is 3. The first-order valence-corrected chi connectivity index (χ1v) is 17.8. The van der Waals surface area contributed by atoms with E-state index in [0.29, 0.717) is 40.6 Å². The van der Waals surface area contributed by atoms with Gasteiger partial charge in [-0.3, -0.25) is 14.4 Å². The van der Waals surface area contributed by atoms with Gasteiger partial charge in [0.05, 0.1) is 36.8 Å². The SMILES string of the molecule is CCCN(OCC)C(=O)C1=Cc2sc(CNS(=O)(=O)NC(=O)OCC(C)(C)COCC(C)(C)CC(=O)OC(C)(C)C)cc2N=C(N)C1. The van der Waals surface area contributed by atoms with Crippen molar-refractivity contribution in [2.24, 2.45) is 21.6 Å².